The van der Waals surface area contributed by atoms with E-state index in [1.54, 1.807) is 7.11 Å². The van der Waals surface area contributed by atoms with Crippen LogP contribution in [0.3, 0.4) is 0 Å². The number of likely N-dealkylation sites (N-methyl/N-ethyl adjacent to an activating group) is 1. The highest BCUT2D eigenvalue weighted by Crippen LogP contribution is 2.25. The third kappa shape index (κ3) is 2.80. The molecule has 24 heavy (non-hydrogen) atoms. The smallest absolute Gasteiger partial charge is 0.226 e. The summed E-state index contributed by atoms with van der Waals surface area (Å²) in [6.45, 7) is 8.61. The Balaban J connectivity index is 1.63. The van der Waals surface area contributed by atoms with Crippen molar-refractivity contribution in [2.24, 2.45) is 0 Å². The van der Waals surface area contributed by atoms with Gasteiger partial charge in [0, 0.05) is 56.8 Å². The van der Waals surface area contributed by atoms with Crippen LogP contribution in [0.15, 0.2) is 18.2 Å². The fourth-order valence-electron chi connectivity index (χ4n) is 3.81. The van der Waals surface area contributed by atoms with Crippen LogP contribution in [0.25, 0.3) is 10.9 Å². The molecule has 2 aromatic rings. The Hall–Kier alpha value is -1.92. The number of nitrogens with zero attached hydrogens (tertiary/aromatic N) is 5. The van der Waals surface area contributed by atoms with E-state index in [1.807, 2.05) is 18.2 Å². The van der Waals surface area contributed by atoms with Crippen LogP contribution in [-0.4, -0.2) is 79.2 Å². The highest BCUT2D eigenvalue weighted by molar-refractivity contribution is 5.83. The van der Waals surface area contributed by atoms with Crippen molar-refractivity contribution in [3.8, 4) is 5.75 Å². The number of benzene rings is 1. The first kappa shape index (κ1) is 15.6. The zero-order valence-corrected chi connectivity index (χ0v) is 14.7. The normalized spacial score (nSPS) is 22.6. The van der Waals surface area contributed by atoms with Crippen molar-refractivity contribution >= 4 is 16.9 Å². The third-order valence-corrected chi connectivity index (χ3v) is 5.26. The van der Waals surface area contributed by atoms with E-state index in [9.17, 15) is 0 Å². The number of anilines is 1. The van der Waals surface area contributed by atoms with E-state index in [2.05, 4.69) is 28.7 Å². The van der Waals surface area contributed by atoms with Crippen LogP contribution in [0.1, 0.15) is 5.69 Å². The van der Waals surface area contributed by atoms with Crippen LogP contribution in [-0.2, 0) is 0 Å². The Labute approximate surface area is 143 Å². The predicted octanol–water partition coefficient (Wildman–Crippen LogP) is 1.38. The molecule has 0 saturated carbocycles. The molecule has 1 aromatic heterocycles. The molecule has 2 aliphatic rings. The molecule has 6 nitrogen and oxygen atoms in total. The van der Waals surface area contributed by atoms with Gasteiger partial charge >= 0.3 is 0 Å². The maximum absolute atomic E-state index is 5.34. The molecule has 0 radical (unpaired) electrons. The van der Waals surface area contributed by atoms with E-state index in [0.29, 0.717) is 6.04 Å². The van der Waals surface area contributed by atoms with Crippen LogP contribution < -0.4 is 9.64 Å². The lowest BCUT2D eigenvalue weighted by Crippen LogP contribution is -2.61. The molecule has 128 valence electrons. The van der Waals surface area contributed by atoms with Crippen molar-refractivity contribution in [2.45, 2.75) is 13.0 Å². The van der Waals surface area contributed by atoms with Gasteiger partial charge in [-0.15, -0.1) is 0 Å². The molecule has 0 bridgehead atoms. The van der Waals surface area contributed by atoms with Crippen molar-refractivity contribution in [3.05, 3.63) is 23.9 Å². The molecule has 4 rings (SSSR count). The Morgan fingerprint density at radius 1 is 1.08 bits per heavy atom. The van der Waals surface area contributed by atoms with E-state index >= 15 is 0 Å². The summed E-state index contributed by atoms with van der Waals surface area (Å²) in [5, 5.41) is 1.09. The van der Waals surface area contributed by atoms with Gasteiger partial charge < -0.3 is 14.5 Å². The molecular weight excluding hydrogens is 302 g/mol. The van der Waals surface area contributed by atoms with Crippen molar-refractivity contribution in [3.63, 3.8) is 0 Å². The monoisotopic (exact) mass is 327 g/mol. The molecule has 6 heteroatoms. The summed E-state index contributed by atoms with van der Waals surface area (Å²) in [7, 11) is 3.90. The molecule has 0 amide bonds. The molecule has 2 aliphatic heterocycles. The second-order valence-electron chi connectivity index (χ2n) is 6.89. The van der Waals surface area contributed by atoms with E-state index in [1.165, 1.54) is 13.1 Å². The minimum absolute atomic E-state index is 0.572. The second-order valence-corrected chi connectivity index (χ2v) is 6.89. The molecule has 2 saturated heterocycles. The number of fused-ring (bicyclic) bond motifs is 2. The first-order chi connectivity index (χ1) is 11.6. The highest BCUT2D eigenvalue weighted by atomic mass is 16.5. The molecule has 1 atom stereocenters. The average Bonchev–Trinajstić information content (AvgIpc) is 2.60. The predicted molar refractivity (Wildman–Crippen MR) is 95.9 cm³/mol. The van der Waals surface area contributed by atoms with Gasteiger partial charge in [-0.05, 0) is 26.1 Å². The van der Waals surface area contributed by atoms with Gasteiger partial charge in [0.2, 0.25) is 5.95 Å². The molecule has 0 spiro atoms. The van der Waals surface area contributed by atoms with Crippen molar-refractivity contribution in [2.75, 3.05) is 58.3 Å². The summed E-state index contributed by atoms with van der Waals surface area (Å²) in [6.07, 6.45) is 0. The zero-order chi connectivity index (χ0) is 16.7. The topological polar surface area (TPSA) is 44.7 Å². The van der Waals surface area contributed by atoms with Crippen LogP contribution in [0.4, 0.5) is 5.95 Å². The SMILES string of the molecule is COc1ccc2c(C)nc(N3CCN4CCN(C)C[C@@H]4C3)nc2c1. The minimum Gasteiger partial charge on any atom is -0.497 e. The quantitative estimate of drug-likeness (QED) is 0.830. The Kier molecular flexibility index (Phi) is 4.02. The van der Waals surface area contributed by atoms with E-state index in [4.69, 9.17) is 14.7 Å². The number of piperazine rings is 2. The van der Waals surface area contributed by atoms with Gasteiger partial charge in [-0.1, -0.05) is 0 Å². The average molecular weight is 327 g/mol. The van der Waals surface area contributed by atoms with Gasteiger partial charge in [0.1, 0.15) is 5.75 Å². The fraction of sp³-hybridized carbons (Fsp3) is 0.556. The molecule has 0 N–H and O–H groups in total. The molecule has 1 aromatic carbocycles. The van der Waals surface area contributed by atoms with Gasteiger partial charge in [0.25, 0.3) is 0 Å². The lowest BCUT2D eigenvalue weighted by Gasteiger charge is -2.46. The summed E-state index contributed by atoms with van der Waals surface area (Å²) in [5.41, 5.74) is 1.99. The van der Waals surface area contributed by atoms with Crippen LogP contribution in [0.5, 0.6) is 5.75 Å². The van der Waals surface area contributed by atoms with Gasteiger partial charge in [-0.2, -0.15) is 0 Å². The first-order valence-corrected chi connectivity index (χ1v) is 8.64. The Bertz CT molecular complexity index is 750. The standard InChI is InChI=1S/C18H25N5O/c1-13-16-5-4-15(24-3)10-17(16)20-18(19-13)23-9-8-22-7-6-21(2)11-14(22)12-23/h4-5,10,14H,6-9,11-12H2,1-3H3/t14-/m1/s1. The van der Waals surface area contributed by atoms with Crippen LogP contribution in [0, 0.1) is 6.92 Å². The molecular formula is C18H25N5O. The van der Waals surface area contributed by atoms with Gasteiger partial charge in [0.05, 0.1) is 18.3 Å². The van der Waals surface area contributed by atoms with Crippen molar-refractivity contribution in [1.29, 1.82) is 0 Å². The summed E-state index contributed by atoms with van der Waals surface area (Å²) < 4.78 is 5.34. The minimum atomic E-state index is 0.572. The number of aryl methyl sites for hydroxylation is 1. The van der Waals surface area contributed by atoms with Crippen LogP contribution >= 0.6 is 0 Å². The maximum atomic E-state index is 5.34. The van der Waals surface area contributed by atoms with Crippen molar-refractivity contribution in [1.82, 2.24) is 19.8 Å². The highest BCUT2D eigenvalue weighted by Gasteiger charge is 2.31. The lowest BCUT2D eigenvalue weighted by atomic mass is 10.1. The van der Waals surface area contributed by atoms with E-state index < -0.39 is 0 Å². The number of rotatable bonds is 2. The van der Waals surface area contributed by atoms with E-state index in [-0.39, 0.29) is 0 Å². The van der Waals surface area contributed by atoms with Gasteiger partial charge in [-0.25, -0.2) is 9.97 Å². The number of hydrogen-bond donors (Lipinski definition) is 0. The summed E-state index contributed by atoms with van der Waals surface area (Å²) in [5.74, 6) is 1.69. The maximum Gasteiger partial charge on any atom is 0.226 e. The molecule has 2 fully saturated rings. The molecule has 3 heterocycles. The number of aromatic nitrogens is 2. The lowest BCUT2D eigenvalue weighted by molar-refractivity contribution is 0.0802. The van der Waals surface area contributed by atoms with Crippen molar-refractivity contribution < 1.29 is 4.74 Å². The number of ether oxygens (including phenoxy) is 1. The summed E-state index contributed by atoms with van der Waals surface area (Å²) in [6, 6.07) is 6.58. The Morgan fingerprint density at radius 3 is 2.75 bits per heavy atom. The first-order valence-electron chi connectivity index (χ1n) is 8.64. The summed E-state index contributed by atoms with van der Waals surface area (Å²) >= 11 is 0. The molecule has 0 unspecified atom stereocenters. The van der Waals surface area contributed by atoms with Gasteiger partial charge in [0.15, 0.2) is 0 Å². The second kappa shape index (κ2) is 6.18. The summed E-state index contributed by atoms with van der Waals surface area (Å²) in [4.78, 5) is 17.0. The fourth-order valence-corrected chi connectivity index (χ4v) is 3.81. The number of methoxy groups -OCH3 is 1. The third-order valence-electron chi connectivity index (χ3n) is 5.26. The van der Waals surface area contributed by atoms with Gasteiger partial charge in [-0.3, -0.25) is 4.90 Å². The molecule has 0 aliphatic carbocycles. The zero-order valence-electron chi connectivity index (χ0n) is 14.7. The Morgan fingerprint density at radius 2 is 1.92 bits per heavy atom. The van der Waals surface area contributed by atoms with E-state index in [0.717, 1.165) is 54.5 Å². The number of hydrogen-bond acceptors (Lipinski definition) is 6. The van der Waals surface area contributed by atoms with Crippen LogP contribution in [0.2, 0.25) is 0 Å². The largest absolute Gasteiger partial charge is 0.497 e.